The van der Waals surface area contributed by atoms with E-state index in [9.17, 15) is 4.79 Å². The van der Waals surface area contributed by atoms with Crippen molar-refractivity contribution in [3.63, 3.8) is 0 Å². The molecule has 0 radical (unpaired) electrons. The van der Waals surface area contributed by atoms with Crippen LogP contribution in [0.3, 0.4) is 0 Å². The minimum atomic E-state index is 0.0219. The van der Waals surface area contributed by atoms with Gasteiger partial charge in [-0.15, -0.1) is 0 Å². The van der Waals surface area contributed by atoms with Gasteiger partial charge < -0.3 is 5.32 Å². The zero-order valence-electron chi connectivity index (χ0n) is 13.5. The summed E-state index contributed by atoms with van der Waals surface area (Å²) < 4.78 is 0. The number of rotatable bonds is 6. The van der Waals surface area contributed by atoms with Gasteiger partial charge in [0.2, 0.25) is 0 Å². The van der Waals surface area contributed by atoms with Gasteiger partial charge in [-0.25, -0.2) is 0 Å². The van der Waals surface area contributed by atoms with Gasteiger partial charge in [0, 0.05) is 23.6 Å². The third kappa shape index (κ3) is 4.92. The van der Waals surface area contributed by atoms with Gasteiger partial charge in [0.05, 0.1) is 0 Å². The normalized spacial score (nSPS) is 10.5. The summed E-state index contributed by atoms with van der Waals surface area (Å²) in [5, 5.41) is 3.00. The Labute approximate surface area is 137 Å². The van der Waals surface area contributed by atoms with Crippen molar-refractivity contribution in [2.24, 2.45) is 0 Å². The second kappa shape index (κ2) is 8.04. The van der Waals surface area contributed by atoms with E-state index < -0.39 is 0 Å². The minimum Gasteiger partial charge on any atom is -0.351 e. The van der Waals surface area contributed by atoms with Gasteiger partial charge in [-0.3, -0.25) is 4.79 Å². The molecule has 0 spiro atoms. The first-order chi connectivity index (χ1) is 10.6. The van der Waals surface area contributed by atoms with Crippen LogP contribution in [0.5, 0.6) is 0 Å². The average Bonchev–Trinajstić information content (AvgIpc) is 2.46. The van der Waals surface area contributed by atoms with Gasteiger partial charge in [0.15, 0.2) is 0 Å². The highest BCUT2D eigenvalue weighted by Gasteiger charge is 2.07. The summed E-state index contributed by atoms with van der Waals surface area (Å²) in [4.78, 5) is 12.1. The zero-order valence-corrected chi connectivity index (χ0v) is 14.3. The average molecular weight is 313 g/mol. The van der Waals surface area contributed by atoms with Gasteiger partial charge in [-0.05, 0) is 38.0 Å². The third-order valence-corrected chi connectivity index (χ3v) is 4.54. The van der Waals surface area contributed by atoms with Gasteiger partial charge in [-0.2, -0.15) is 11.8 Å². The Morgan fingerprint density at radius 2 is 1.82 bits per heavy atom. The molecule has 0 unspecified atom stereocenters. The van der Waals surface area contributed by atoms with E-state index in [1.54, 1.807) is 0 Å². The van der Waals surface area contributed by atoms with Crippen molar-refractivity contribution >= 4 is 17.7 Å². The van der Waals surface area contributed by atoms with E-state index in [4.69, 9.17) is 0 Å². The lowest BCUT2D eigenvalue weighted by Gasteiger charge is -2.08. The monoisotopic (exact) mass is 313 g/mol. The second-order valence-electron chi connectivity index (χ2n) is 5.62. The van der Waals surface area contributed by atoms with Crippen molar-refractivity contribution in [2.45, 2.75) is 26.5 Å². The van der Waals surface area contributed by atoms with Gasteiger partial charge in [-0.1, -0.05) is 47.5 Å². The summed E-state index contributed by atoms with van der Waals surface area (Å²) >= 11 is 1.84. The van der Waals surface area contributed by atoms with Crippen LogP contribution >= 0.6 is 11.8 Å². The molecule has 0 aromatic heterocycles. The van der Waals surface area contributed by atoms with Crippen molar-refractivity contribution in [1.82, 2.24) is 5.32 Å². The van der Waals surface area contributed by atoms with Crippen LogP contribution in [0.25, 0.3) is 0 Å². The molecule has 2 aromatic rings. The van der Waals surface area contributed by atoms with Gasteiger partial charge in [0.25, 0.3) is 5.91 Å². The Morgan fingerprint density at radius 3 is 2.55 bits per heavy atom. The fourth-order valence-electron chi connectivity index (χ4n) is 2.39. The highest BCUT2D eigenvalue weighted by molar-refractivity contribution is 7.98. The van der Waals surface area contributed by atoms with Crippen molar-refractivity contribution in [1.29, 1.82) is 0 Å². The number of carbonyl (C=O) groups excluding carboxylic acids is 1. The molecule has 0 saturated heterocycles. The molecule has 1 N–H and O–H groups in total. The summed E-state index contributed by atoms with van der Waals surface area (Å²) in [7, 11) is 0. The lowest BCUT2D eigenvalue weighted by molar-refractivity contribution is 0.0955. The molecule has 0 aliphatic rings. The molecule has 22 heavy (non-hydrogen) atoms. The molecule has 0 fully saturated rings. The summed E-state index contributed by atoms with van der Waals surface area (Å²) in [6, 6.07) is 14.5. The molecule has 0 bridgehead atoms. The van der Waals surface area contributed by atoms with Crippen LogP contribution < -0.4 is 5.32 Å². The smallest absolute Gasteiger partial charge is 0.251 e. The Kier molecular flexibility index (Phi) is 6.08. The number of benzene rings is 2. The molecular weight excluding hydrogens is 290 g/mol. The summed E-state index contributed by atoms with van der Waals surface area (Å²) in [6.45, 7) is 6.83. The molecule has 0 heterocycles. The highest BCUT2D eigenvalue weighted by Crippen LogP contribution is 2.13. The van der Waals surface area contributed by atoms with Crippen molar-refractivity contribution in [3.05, 3.63) is 70.3 Å². The summed E-state index contributed by atoms with van der Waals surface area (Å²) in [5.74, 6) is 1.93. The fourth-order valence-corrected chi connectivity index (χ4v) is 3.20. The SMILES string of the molecule is Cc1cccc(CSCCNC(=O)c2ccc(C)cc2C)c1. The standard InChI is InChI=1S/C19H23NOS/c1-14-5-4-6-17(12-14)13-22-10-9-20-19(21)18-8-7-15(2)11-16(18)3/h4-8,11-12H,9-10,13H2,1-3H3,(H,20,21). The molecule has 3 heteroatoms. The summed E-state index contributed by atoms with van der Waals surface area (Å²) in [5.41, 5.74) is 5.62. The van der Waals surface area contributed by atoms with E-state index in [0.717, 1.165) is 22.6 Å². The fraction of sp³-hybridized carbons (Fsp3) is 0.316. The predicted molar refractivity (Wildman–Crippen MR) is 95.6 cm³/mol. The maximum atomic E-state index is 12.1. The van der Waals surface area contributed by atoms with Crippen LogP contribution in [-0.2, 0) is 5.75 Å². The molecule has 0 aliphatic carbocycles. The Bertz CT molecular complexity index is 652. The predicted octanol–water partition coefficient (Wildman–Crippen LogP) is 4.28. The third-order valence-electron chi connectivity index (χ3n) is 3.51. The lowest BCUT2D eigenvalue weighted by atomic mass is 10.1. The maximum Gasteiger partial charge on any atom is 0.251 e. The highest BCUT2D eigenvalue weighted by atomic mass is 32.2. The zero-order chi connectivity index (χ0) is 15.9. The van der Waals surface area contributed by atoms with Gasteiger partial charge in [0.1, 0.15) is 0 Å². The van der Waals surface area contributed by atoms with E-state index in [1.165, 1.54) is 16.7 Å². The van der Waals surface area contributed by atoms with Gasteiger partial charge >= 0.3 is 0 Å². The van der Waals surface area contributed by atoms with E-state index in [1.807, 2.05) is 43.8 Å². The van der Waals surface area contributed by atoms with E-state index in [-0.39, 0.29) is 5.91 Å². The van der Waals surface area contributed by atoms with Crippen molar-refractivity contribution < 1.29 is 4.79 Å². The van der Waals surface area contributed by atoms with E-state index in [2.05, 4.69) is 36.5 Å². The number of thioether (sulfide) groups is 1. The maximum absolute atomic E-state index is 12.1. The number of hydrogen-bond acceptors (Lipinski definition) is 2. The second-order valence-corrected chi connectivity index (χ2v) is 6.72. The first-order valence-electron chi connectivity index (χ1n) is 7.55. The number of nitrogens with one attached hydrogen (secondary N) is 1. The van der Waals surface area contributed by atoms with Crippen LogP contribution in [0, 0.1) is 20.8 Å². The molecule has 1 amide bonds. The van der Waals surface area contributed by atoms with E-state index in [0.29, 0.717) is 6.54 Å². The summed E-state index contributed by atoms with van der Waals surface area (Å²) in [6.07, 6.45) is 0. The topological polar surface area (TPSA) is 29.1 Å². The lowest BCUT2D eigenvalue weighted by Crippen LogP contribution is -2.26. The molecule has 0 atom stereocenters. The molecular formula is C19H23NOS. The molecule has 2 aromatic carbocycles. The van der Waals surface area contributed by atoms with Crippen molar-refractivity contribution in [3.8, 4) is 0 Å². The minimum absolute atomic E-state index is 0.0219. The Hall–Kier alpha value is -1.74. The largest absolute Gasteiger partial charge is 0.351 e. The Morgan fingerprint density at radius 1 is 1.05 bits per heavy atom. The van der Waals surface area contributed by atoms with Crippen LogP contribution in [-0.4, -0.2) is 18.2 Å². The van der Waals surface area contributed by atoms with Crippen LogP contribution in [0.4, 0.5) is 0 Å². The quantitative estimate of drug-likeness (QED) is 0.807. The number of amides is 1. The molecule has 2 rings (SSSR count). The van der Waals surface area contributed by atoms with Crippen LogP contribution in [0.15, 0.2) is 42.5 Å². The number of hydrogen-bond donors (Lipinski definition) is 1. The number of aryl methyl sites for hydroxylation is 3. The van der Waals surface area contributed by atoms with E-state index >= 15 is 0 Å². The molecule has 2 nitrogen and oxygen atoms in total. The molecule has 0 saturated carbocycles. The first-order valence-corrected chi connectivity index (χ1v) is 8.70. The first kappa shape index (κ1) is 16.6. The van der Waals surface area contributed by atoms with Crippen LogP contribution in [0.2, 0.25) is 0 Å². The Balaban J connectivity index is 1.73. The molecule has 116 valence electrons. The number of carbonyl (C=O) groups is 1. The van der Waals surface area contributed by atoms with Crippen molar-refractivity contribution in [2.75, 3.05) is 12.3 Å². The molecule has 0 aliphatic heterocycles. The van der Waals surface area contributed by atoms with Crippen LogP contribution in [0.1, 0.15) is 32.6 Å².